The summed E-state index contributed by atoms with van der Waals surface area (Å²) >= 11 is 10.1. The van der Waals surface area contributed by atoms with E-state index >= 15 is 0 Å². The molecule has 1 fully saturated rings. The van der Waals surface area contributed by atoms with Crippen molar-refractivity contribution in [1.82, 2.24) is 4.72 Å². The maximum absolute atomic E-state index is 12.4. The Balaban J connectivity index is 2.17. The van der Waals surface area contributed by atoms with Gasteiger partial charge in [-0.05, 0) is 65.2 Å². The van der Waals surface area contributed by atoms with Crippen LogP contribution in [0.25, 0.3) is 0 Å². The first-order valence-electron chi connectivity index (χ1n) is 6.31. The van der Waals surface area contributed by atoms with E-state index < -0.39 is 10.0 Å². The van der Waals surface area contributed by atoms with Gasteiger partial charge in [0.2, 0.25) is 10.0 Å². The molecule has 1 aliphatic carbocycles. The average molecular weight is 490 g/mol. The number of halogens is 3. The van der Waals surface area contributed by atoms with Crippen molar-refractivity contribution in [1.29, 1.82) is 0 Å². The third-order valence-electron chi connectivity index (χ3n) is 3.72. The number of hydrogen-bond donors (Lipinski definition) is 1. The molecule has 0 amide bonds. The molecule has 0 aliphatic heterocycles. The zero-order chi connectivity index (χ0) is 15.0. The normalized spacial score (nSPS) is 17.2. The van der Waals surface area contributed by atoms with Gasteiger partial charge in [-0.3, -0.25) is 0 Å². The van der Waals surface area contributed by atoms with Crippen LogP contribution in [0.2, 0.25) is 0 Å². The maximum Gasteiger partial charge on any atom is 0.241 e. The molecule has 2 rings (SSSR count). The Morgan fingerprint density at radius 3 is 2.45 bits per heavy atom. The molecular formula is C13H16Br3NO2S. The van der Waals surface area contributed by atoms with Crippen LogP contribution < -0.4 is 4.72 Å². The Labute approximate surface area is 145 Å². The van der Waals surface area contributed by atoms with Crippen LogP contribution in [0.1, 0.15) is 24.8 Å². The molecule has 1 aliphatic rings. The van der Waals surface area contributed by atoms with Gasteiger partial charge in [0.25, 0.3) is 0 Å². The van der Waals surface area contributed by atoms with Gasteiger partial charge in [0.05, 0.1) is 4.90 Å². The minimum atomic E-state index is -3.48. The summed E-state index contributed by atoms with van der Waals surface area (Å²) in [5, 5.41) is 0.911. The minimum absolute atomic E-state index is 0.158. The molecule has 0 atom stereocenters. The Morgan fingerprint density at radius 2 is 1.90 bits per heavy atom. The summed E-state index contributed by atoms with van der Waals surface area (Å²) in [4.78, 5) is 0.282. The van der Waals surface area contributed by atoms with E-state index in [0.29, 0.717) is 11.0 Å². The fourth-order valence-corrected chi connectivity index (χ4v) is 5.73. The van der Waals surface area contributed by atoms with Crippen molar-refractivity contribution < 1.29 is 8.42 Å². The number of alkyl halides is 1. The highest BCUT2D eigenvalue weighted by Crippen LogP contribution is 2.48. The van der Waals surface area contributed by atoms with E-state index in [1.807, 2.05) is 13.0 Å². The first kappa shape index (κ1) is 16.9. The number of nitrogens with one attached hydrogen (secondary N) is 1. The minimum Gasteiger partial charge on any atom is -0.211 e. The summed E-state index contributed by atoms with van der Waals surface area (Å²) in [6.07, 6.45) is 3.20. The summed E-state index contributed by atoms with van der Waals surface area (Å²) in [5.74, 6) is 0. The lowest BCUT2D eigenvalue weighted by atomic mass is 10.1. The molecule has 0 bridgehead atoms. The van der Waals surface area contributed by atoms with Crippen molar-refractivity contribution in [2.45, 2.75) is 31.1 Å². The first-order chi connectivity index (χ1) is 9.30. The number of hydrogen-bond acceptors (Lipinski definition) is 2. The summed E-state index contributed by atoms with van der Waals surface area (Å²) < 4.78 is 29.0. The number of sulfonamides is 1. The van der Waals surface area contributed by atoms with Gasteiger partial charge in [-0.25, -0.2) is 13.1 Å². The van der Waals surface area contributed by atoms with E-state index in [0.717, 1.165) is 34.6 Å². The fourth-order valence-electron chi connectivity index (χ4n) is 2.05. The Kier molecular flexibility index (Phi) is 5.39. The molecule has 1 saturated carbocycles. The zero-order valence-corrected chi connectivity index (χ0v) is 16.6. The molecular weight excluding hydrogens is 474 g/mol. The van der Waals surface area contributed by atoms with Gasteiger partial charge in [0, 0.05) is 20.8 Å². The van der Waals surface area contributed by atoms with Crippen LogP contribution in [0, 0.1) is 12.3 Å². The van der Waals surface area contributed by atoms with E-state index in [4.69, 9.17) is 0 Å². The molecule has 0 unspecified atom stereocenters. The van der Waals surface area contributed by atoms with E-state index in [-0.39, 0.29) is 10.3 Å². The smallest absolute Gasteiger partial charge is 0.211 e. The van der Waals surface area contributed by atoms with Gasteiger partial charge in [-0.1, -0.05) is 31.9 Å². The number of rotatable bonds is 6. The maximum atomic E-state index is 12.4. The summed E-state index contributed by atoms with van der Waals surface area (Å²) in [7, 11) is -3.48. The van der Waals surface area contributed by atoms with E-state index in [1.165, 1.54) is 0 Å². The summed E-state index contributed by atoms with van der Waals surface area (Å²) in [6, 6.07) is 3.45. The third-order valence-corrected chi connectivity index (χ3v) is 7.33. The Morgan fingerprint density at radius 1 is 1.25 bits per heavy atom. The lowest BCUT2D eigenvalue weighted by molar-refractivity contribution is 0.480. The van der Waals surface area contributed by atoms with Crippen molar-refractivity contribution in [3.63, 3.8) is 0 Å². The van der Waals surface area contributed by atoms with Crippen LogP contribution in [0.4, 0.5) is 0 Å². The van der Waals surface area contributed by atoms with Gasteiger partial charge >= 0.3 is 0 Å². The molecule has 3 nitrogen and oxygen atoms in total. The lowest BCUT2D eigenvalue weighted by Crippen LogP contribution is -2.30. The van der Waals surface area contributed by atoms with Crippen LogP contribution >= 0.6 is 47.8 Å². The molecule has 112 valence electrons. The largest absolute Gasteiger partial charge is 0.241 e. The molecule has 0 aromatic heterocycles. The second kappa shape index (κ2) is 6.36. The molecule has 0 heterocycles. The van der Waals surface area contributed by atoms with E-state index in [9.17, 15) is 8.42 Å². The second-order valence-electron chi connectivity index (χ2n) is 5.30. The first-order valence-corrected chi connectivity index (χ1v) is 10.5. The van der Waals surface area contributed by atoms with Crippen molar-refractivity contribution in [3.05, 3.63) is 26.6 Å². The van der Waals surface area contributed by atoms with Crippen LogP contribution in [-0.2, 0) is 10.0 Å². The molecule has 7 heteroatoms. The average Bonchev–Trinajstić information content (AvgIpc) is 3.12. The van der Waals surface area contributed by atoms with Crippen LogP contribution in [0.5, 0.6) is 0 Å². The number of benzene rings is 1. The summed E-state index contributed by atoms with van der Waals surface area (Å²) in [6.45, 7) is 2.44. The number of aryl methyl sites for hydroxylation is 1. The molecule has 1 aromatic rings. The Hall–Kier alpha value is 0.570. The topological polar surface area (TPSA) is 46.2 Å². The molecule has 0 spiro atoms. The van der Waals surface area contributed by atoms with Crippen LogP contribution in [0.3, 0.4) is 0 Å². The molecule has 20 heavy (non-hydrogen) atoms. The van der Waals surface area contributed by atoms with Crippen molar-refractivity contribution in [3.8, 4) is 0 Å². The highest BCUT2D eigenvalue weighted by Gasteiger charge is 2.42. The van der Waals surface area contributed by atoms with Crippen molar-refractivity contribution in [2.24, 2.45) is 5.41 Å². The SMILES string of the molecule is Cc1cc(Br)c(S(=O)(=O)NCC2(CCBr)CC2)cc1Br. The lowest BCUT2D eigenvalue weighted by Gasteiger charge is -2.16. The quantitative estimate of drug-likeness (QED) is 0.603. The second-order valence-corrected chi connectivity index (χ2v) is 9.53. The van der Waals surface area contributed by atoms with Gasteiger partial charge in [0.15, 0.2) is 0 Å². The van der Waals surface area contributed by atoms with Gasteiger partial charge < -0.3 is 0 Å². The Bertz CT molecular complexity index is 612. The van der Waals surface area contributed by atoms with Crippen molar-refractivity contribution >= 4 is 57.8 Å². The highest BCUT2D eigenvalue weighted by atomic mass is 79.9. The third kappa shape index (κ3) is 3.85. The fraction of sp³-hybridized carbons (Fsp3) is 0.538. The molecule has 1 aromatic carbocycles. The predicted molar refractivity (Wildman–Crippen MR) is 91.8 cm³/mol. The van der Waals surface area contributed by atoms with E-state index in [2.05, 4.69) is 52.5 Å². The molecule has 0 saturated heterocycles. The summed E-state index contributed by atoms with van der Waals surface area (Å²) in [5.41, 5.74) is 1.15. The van der Waals surface area contributed by atoms with Gasteiger partial charge in [-0.15, -0.1) is 0 Å². The van der Waals surface area contributed by atoms with E-state index in [1.54, 1.807) is 6.07 Å². The van der Waals surface area contributed by atoms with Crippen molar-refractivity contribution in [2.75, 3.05) is 11.9 Å². The van der Waals surface area contributed by atoms with Gasteiger partial charge in [-0.2, -0.15) is 0 Å². The molecule has 1 N–H and O–H groups in total. The van der Waals surface area contributed by atoms with Gasteiger partial charge in [0.1, 0.15) is 0 Å². The zero-order valence-electron chi connectivity index (χ0n) is 11.0. The predicted octanol–water partition coefficient (Wildman–Crippen LogP) is 4.36. The van der Waals surface area contributed by atoms with Crippen LogP contribution in [-0.4, -0.2) is 20.3 Å². The molecule has 0 radical (unpaired) electrons. The standard InChI is InChI=1S/C13H16Br3NO2S/c1-9-6-11(16)12(7-10(9)15)20(18,19)17-8-13(2-3-13)4-5-14/h6-7,17H,2-5,8H2,1H3. The van der Waals surface area contributed by atoms with Crippen LogP contribution in [0.15, 0.2) is 26.0 Å². The monoisotopic (exact) mass is 487 g/mol. The highest BCUT2D eigenvalue weighted by molar-refractivity contribution is 9.11.